The van der Waals surface area contributed by atoms with Gasteiger partial charge in [-0.15, -0.1) is 0 Å². The molecule has 19 heavy (non-hydrogen) atoms. The van der Waals surface area contributed by atoms with Gasteiger partial charge in [-0.25, -0.2) is 0 Å². The molecule has 106 valence electrons. The van der Waals surface area contributed by atoms with Gasteiger partial charge in [-0.05, 0) is 33.3 Å². The number of carbonyl (C=O) groups is 1. The van der Waals surface area contributed by atoms with Crippen LogP contribution < -0.4 is 0 Å². The van der Waals surface area contributed by atoms with Crippen LogP contribution in [-0.2, 0) is 11.3 Å². The molecule has 2 rings (SSSR count). The fraction of sp³-hybridized carbons (Fsp3) is 0.667. The van der Waals surface area contributed by atoms with Gasteiger partial charge in [0.25, 0.3) is 0 Å². The van der Waals surface area contributed by atoms with E-state index in [1.807, 2.05) is 13.0 Å². The summed E-state index contributed by atoms with van der Waals surface area (Å²) in [6.07, 6.45) is 1.31. The second-order valence-electron chi connectivity index (χ2n) is 5.33. The van der Waals surface area contributed by atoms with Gasteiger partial charge in [-0.3, -0.25) is 9.69 Å². The molecule has 1 aromatic heterocycles. The van der Waals surface area contributed by atoms with Crippen molar-refractivity contribution in [3.8, 4) is 0 Å². The van der Waals surface area contributed by atoms with Crippen LogP contribution in [0.25, 0.3) is 0 Å². The predicted octanol–water partition coefficient (Wildman–Crippen LogP) is 2.03. The number of aromatic nitrogens is 1. The van der Waals surface area contributed by atoms with Gasteiger partial charge in [0.15, 0.2) is 5.78 Å². The maximum absolute atomic E-state index is 12.4. The summed E-state index contributed by atoms with van der Waals surface area (Å²) < 4.78 is 7.53. The van der Waals surface area contributed by atoms with Gasteiger partial charge in [0.1, 0.15) is 0 Å². The number of rotatable bonds is 5. The fourth-order valence-corrected chi connectivity index (χ4v) is 2.99. The molecule has 0 radical (unpaired) electrons. The van der Waals surface area contributed by atoms with Crippen LogP contribution in [0.5, 0.6) is 0 Å². The summed E-state index contributed by atoms with van der Waals surface area (Å²) in [5.74, 6) is 0.226. The van der Waals surface area contributed by atoms with E-state index >= 15 is 0 Å². The van der Waals surface area contributed by atoms with Crippen molar-refractivity contribution in [2.75, 3.05) is 26.7 Å². The summed E-state index contributed by atoms with van der Waals surface area (Å²) >= 11 is 0. The molecule has 4 heteroatoms. The molecule has 0 saturated carbocycles. The molecule has 1 saturated heterocycles. The van der Waals surface area contributed by atoms with Gasteiger partial charge in [0.2, 0.25) is 0 Å². The zero-order valence-corrected chi connectivity index (χ0v) is 12.4. The van der Waals surface area contributed by atoms with Crippen LogP contribution in [0.1, 0.15) is 35.1 Å². The number of ketones is 1. The summed E-state index contributed by atoms with van der Waals surface area (Å²) in [5.41, 5.74) is 3.13. The lowest BCUT2D eigenvalue weighted by molar-refractivity contribution is 0.0898. The number of hydrogen-bond acceptors (Lipinski definition) is 3. The summed E-state index contributed by atoms with van der Waals surface area (Å²) in [6, 6.07) is 2.02. The van der Waals surface area contributed by atoms with Crippen molar-refractivity contribution in [2.24, 2.45) is 0 Å². The largest absolute Gasteiger partial charge is 0.380 e. The fourth-order valence-electron chi connectivity index (χ4n) is 2.99. The number of nitrogens with zero attached hydrogens (tertiary/aromatic N) is 2. The number of carbonyl (C=O) groups excluding carboxylic acids is 1. The average Bonchev–Trinajstić information content (AvgIpc) is 2.94. The minimum atomic E-state index is 0.226. The molecule has 4 nitrogen and oxygen atoms in total. The first-order valence-electron chi connectivity index (χ1n) is 7.01. The van der Waals surface area contributed by atoms with Crippen LogP contribution in [0.3, 0.4) is 0 Å². The van der Waals surface area contributed by atoms with Crippen LogP contribution in [0.2, 0.25) is 0 Å². The zero-order valence-electron chi connectivity index (χ0n) is 12.4. The summed E-state index contributed by atoms with van der Waals surface area (Å²) in [5, 5.41) is 0. The highest BCUT2D eigenvalue weighted by atomic mass is 16.5. The minimum Gasteiger partial charge on any atom is -0.380 e. The molecule has 1 aliphatic heterocycles. The van der Waals surface area contributed by atoms with Crippen molar-refractivity contribution >= 4 is 5.78 Å². The second-order valence-corrected chi connectivity index (χ2v) is 5.33. The Balaban J connectivity index is 2.05. The van der Waals surface area contributed by atoms with Gasteiger partial charge in [0, 0.05) is 43.7 Å². The van der Waals surface area contributed by atoms with E-state index in [-0.39, 0.29) is 11.9 Å². The zero-order chi connectivity index (χ0) is 14.0. The van der Waals surface area contributed by atoms with Gasteiger partial charge in [0.05, 0.1) is 12.6 Å². The lowest BCUT2D eigenvalue weighted by Crippen LogP contribution is -2.29. The van der Waals surface area contributed by atoms with Crippen molar-refractivity contribution < 1.29 is 9.53 Å². The molecule has 1 aliphatic rings. The maximum atomic E-state index is 12.4. The van der Waals surface area contributed by atoms with Crippen LogP contribution in [0.15, 0.2) is 6.07 Å². The Labute approximate surface area is 115 Å². The molecule has 0 aromatic carbocycles. The Kier molecular flexibility index (Phi) is 4.42. The third-order valence-electron chi connectivity index (χ3n) is 4.12. The van der Waals surface area contributed by atoms with Crippen LogP contribution in [0, 0.1) is 13.8 Å². The highest BCUT2D eigenvalue weighted by Crippen LogP contribution is 2.18. The van der Waals surface area contributed by atoms with E-state index in [1.54, 1.807) is 7.11 Å². The monoisotopic (exact) mass is 264 g/mol. The van der Waals surface area contributed by atoms with E-state index < -0.39 is 0 Å². The summed E-state index contributed by atoms with van der Waals surface area (Å²) in [6.45, 7) is 9.45. The number of ether oxygens (including phenoxy) is 1. The normalized spacial score (nSPS) is 20.1. The smallest absolute Gasteiger partial charge is 0.178 e. The Bertz CT molecular complexity index is 465. The molecule has 0 N–H and O–H groups in total. The highest BCUT2D eigenvalue weighted by Gasteiger charge is 2.25. The first kappa shape index (κ1) is 14.3. The molecule has 1 atom stereocenters. The molecule has 0 aliphatic carbocycles. The lowest BCUT2D eigenvalue weighted by atomic mass is 10.1. The van der Waals surface area contributed by atoms with E-state index in [1.165, 1.54) is 5.69 Å². The number of Topliss-reactive ketones (excluding diaryl/α,β-unsaturated/α-hetero) is 1. The quantitative estimate of drug-likeness (QED) is 0.763. The molecular weight excluding hydrogens is 240 g/mol. The first-order chi connectivity index (χ1) is 9.06. The van der Waals surface area contributed by atoms with E-state index in [0.29, 0.717) is 6.54 Å². The first-order valence-corrected chi connectivity index (χ1v) is 7.01. The Hall–Kier alpha value is -1.13. The van der Waals surface area contributed by atoms with Crippen molar-refractivity contribution in [3.63, 3.8) is 0 Å². The molecule has 2 heterocycles. The summed E-state index contributed by atoms with van der Waals surface area (Å²) in [4.78, 5) is 14.6. The van der Waals surface area contributed by atoms with E-state index in [9.17, 15) is 4.79 Å². The number of hydrogen-bond donors (Lipinski definition) is 0. The molecule has 1 fully saturated rings. The van der Waals surface area contributed by atoms with Crippen molar-refractivity contribution in [1.82, 2.24) is 9.47 Å². The van der Waals surface area contributed by atoms with Gasteiger partial charge < -0.3 is 9.30 Å². The standard InChI is InChI=1S/C15H24N2O2/c1-5-17-11(2)8-14(12(17)3)15(18)10-16-7-6-13(9-16)19-4/h8,13H,5-7,9-10H2,1-4H3. The van der Waals surface area contributed by atoms with Crippen molar-refractivity contribution in [2.45, 2.75) is 39.8 Å². The van der Waals surface area contributed by atoms with E-state index in [2.05, 4.69) is 23.3 Å². The molecule has 1 aromatic rings. The lowest BCUT2D eigenvalue weighted by Gasteiger charge is -2.14. The third-order valence-corrected chi connectivity index (χ3v) is 4.12. The maximum Gasteiger partial charge on any atom is 0.178 e. The molecular formula is C15H24N2O2. The molecule has 1 unspecified atom stereocenters. The minimum absolute atomic E-state index is 0.226. The predicted molar refractivity (Wildman–Crippen MR) is 75.8 cm³/mol. The van der Waals surface area contributed by atoms with E-state index in [0.717, 1.165) is 37.3 Å². The second kappa shape index (κ2) is 5.88. The molecule has 0 bridgehead atoms. The van der Waals surface area contributed by atoms with Crippen LogP contribution in [-0.4, -0.2) is 48.1 Å². The number of likely N-dealkylation sites (tertiary alicyclic amines) is 1. The Morgan fingerprint density at radius 3 is 2.74 bits per heavy atom. The van der Waals surface area contributed by atoms with Gasteiger partial charge in [-0.1, -0.05) is 0 Å². The van der Waals surface area contributed by atoms with Crippen molar-refractivity contribution in [3.05, 3.63) is 23.0 Å². The third kappa shape index (κ3) is 2.90. The van der Waals surface area contributed by atoms with Crippen molar-refractivity contribution in [1.29, 1.82) is 0 Å². The summed E-state index contributed by atoms with van der Waals surface area (Å²) in [7, 11) is 1.74. The highest BCUT2D eigenvalue weighted by molar-refractivity contribution is 5.99. The van der Waals surface area contributed by atoms with Crippen LogP contribution >= 0.6 is 0 Å². The van der Waals surface area contributed by atoms with Gasteiger partial charge >= 0.3 is 0 Å². The van der Waals surface area contributed by atoms with Gasteiger partial charge in [-0.2, -0.15) is 0 Å². The Morgan fingerprint density at radius 2 is 2.21 bits per heavy atom. The van der Waals surface area contributed by atoms with Crippen LogP contribution in [0.4, 0.5) is 0 Å². The topological polar surface area (TPSA) is 34.5 Å². The SMILES string of the molecule is CCn1c(C)cc(C(=O)CN2CCC(OC)C2)c1C. The van der Waals surface area contributed by atoms with E-state index in [4.69, 9.17) is 4.74 Å². The molecule has 0 amide bonds. The number of aryl methyl sites for hydroxylation is 1. The Morgan fingerprint density at radius 1 is 1.47 bits per heavy atom. The molecule has 0 spiro atoms. The average molecular weight is 264 g/mol. The number of methoxy groups -OCH3 is 1.